The molecule has 13 heavy (non-hydrogen) atoms. The highest BCUT2D eigenvalue weighted by molar-refractivity contribution is 6.01. The van der Waals surface area contributed by atoms with E-state index in [9.17, 15) is 0 Å². The van der Waals surface area contributed by atoms with Crippen LogP contribution in [0.4, 0.5) is 0 Å². The Morgan fingerprint density at radius 2 is 2.15 bits per heavy atom. The van der Waals surface area contributed by atoms with Gasteiger partial charge in [0.15, 0.2) is 0 Å². The summed E-state index contributed by atoms with van der Waals surface area (Å²) in [5.74, 6) is 0. The van der Waals surface area contributed by atoms with Crippen LogP contribution in [0.2, 0.25) is 0 Å². The Labute approximate surface area is 78.3 Å². The standard InChI is InChI=1S/C10H16N2O/c11-8-4-5-9-7(6-8)2-1-3-10(9)12-13/h8,13H,1-6,11H2/b12-10+. The summed E-state index contributed by atoms with van der Waals surface area (Å²) in [4.78, 5) is 0. The fraction of sp³-hybridized carbons (Fsp3) is 0.700. The van der Waals surface area contributed by atoms with E-state index in [1.54, 1.807) is 0 Å². The van der Waals surface area contributed by atoms with Crippen LogP contribution in [0.15, 0.2) is 16.3 Å². The van der Waals surface area contributed by atoms with Crippen molar-refractivity contribution in [3.8, 4) is 0 Å². The van der Waals surface area contributed by atoms with Crippen molar-refractivity contribution in [2.45, 2.75) is 44.6 Å². The normalized spacial score (nSPS) is 32.1. The van der Waals surface area contributed by atoms with Gasteiger partial charge in [-0.15, -0.1) is 0 Å². The highest BCUT2D eigenvalue weighted by Gasteiger charge is 2.24. The SMILES string of the molecule is NC1CCC2=C(CCC/C2=N\O)C1. The van der Waals surface area contributed by atoms with Crippen LogP contribution in [0.3, 0.4) is 0 Å². The first kappa shape index (κ1) is 8.75. The Morgan fingerprint density at radius 1 is 1.31 bits per heavy atom. The molecule has 2 aliphatic carbocycles. The Balaban J connectivity index is 2.27. The highest BCUT2D eigenvalue weighted by atomic mass is 16.4. The molecule has 0 saturated heterocycles. The van der Waals surface area contributed by atoms with Crippen molar-refractivity contribution >= 4 is 5.71 Å². The molecule has 1 atom stereocenters. The molecule has 0 fully saturated rings. The first-order valence-corrected chi connectivity index (χ1v) is 4.99. The fourth-order valence-electron chi connectivity index (χ4n) is 2.38. The third kappa shape index (κ3) is 1.61. The minimum absolute atomic E-state index is 0.330. The second-order valence-electron chi connectivity index (χ2n) is 3.99. The molecule has 0 spiro atoms. The molecule has 0 aromatic carbocycles. The monoisotopic (exact) mass is 180 g/mol. The van der Waals surface area contributed by atoms with Gasteiger partial charge in [0.05, 0.1) is 5.71 Å². The molecule has 0 heterocycles. The van der Waals surface area contributed by atoms with Gasteiger partial charge in [-0.1, -0.05) is 10.7 Å². The van der Waals surface area contributed by atoms with Gasteiger partial charge in [-0.3, -0.25) is 0 Å². The summed E-state index contributed by atoms with van der Waals surface area (Å²) < 4.78 is 0. The lowest BCUT2D eigenvalue weighted by Crippen LogP contribution is -2.28. The van der Waals surface area contributed by atoms with Crippen LogP contribution < -0.4 is 5.73 Å². The fourth-order valence-corrected chi connectivity index (χ4v) is 2.38. The Kier molecular flexibility index (Phi) is 2.36. The van der Waals surface area contributed by atoms with Gasteiger partial charge in [0.25, 0.3) is 0 Å². The van der Waals surface area contributed by atoms with Gasteiger partial charge in [0.1, 0.15) is 0 Å². The summed E-state index contributed by atoms with van der Waals surface area (Å²) in [6.07, 6.45) is 6.26. The second-order valence-corrected chi connectivity index (χ2v) is 3.99. The van der Waals surface area contributed by atoms with Crippen LogP contribution in [0.1, 0.15) is 38.5 Å². The van der Waals surface area contributed by atoms with Gasteiger partial charge in [-0.25, -0.2) is 0 Å². The average Bonchev–Trinajstić information content (AvgIpc) is 2.16. The maximum atomic E-state index is 8.82. The summed E-state index contributed by atoms with van der Waals surface area (Å²) in [5.41, 5.74) is 9.55. The molecule has 2 rings (SSSR count). The van der Waals surface area contributed by atoms with Crippen molar-refractivity contribution in [3.05, 3.63) is 11.1 Å². The average molecular weight is 180 g/mol. The van der Waals surface area contributed by atoms with Crippen LogP contribution in [-0.4, -0.2) is 17.0 Å². The van der Waals surface area contributed by atoms with E-state index in [-0.39, 0.29) is 0 Å². The minimum Gasteiger partial charge on any atom is -0.411 e. The molecule has 2 aliphatic rings. The van der Waals surface area contributed by atoms with E-state index in [0.717, 1.165) is 44.2 Å². The molecule has 0 saturated carbocycles. The Morgan fingerprint density at radius 3 is 2.92 bits per heavy atom. The van der Waals surface area contributed by atoms with Gasteiger partial charge in [0.2, 0.25) is 0 Å². The molecule has 0 aromatic heterocycles. The highest BCUT2D eigenvalue weighted by Crippen LogP contribution is 2.33. The van der Waals surface area contributed by atoms with Gasteiger partial charge >= 0.3 is 0 Å². The molecule has 72 valence electrons. The zero-order valence-electron chi connectivity index (χ0n) is 7.79. The van der Waals surface area contributed by atoms with Gasteiger partial charge in [0, 0.05) is 6.04 Å². The number of allylic oxidation sites excluding steroid dienone is 1. The lowest BCUT2D eigenvalue weighted by Gasteiger charge is -2.28. The lowest BCUT2D eigenvalue weighted by molar-refractivity contribution is 0.316. The number of hydrogen-bond acceptors (Lipinski definition) is 3. The van der Waals surface area contributed by atoms with E-state index >= 15 is 0 Å². The van der Waals surface area contributed by atoms with E-state index in [1.807, 2.05) is 0 Å². The predicted octanol–water partition coefficient (Wildman–Crippen LogP) is 1.81. The molecule has 3 N–H and O–H groups in total. The number of nitrogens with zero attached hydrogens (tertiary/aromatic N) is 1. The van der Waals surface area contributed by atoms with Crippen LogP contribution in [0.5, 0.6) is 0 Å². The van der Waals surface area contributed by atoms with E-state index in [2.05, 4.69) is 5.16 Å². The second kappa shape index (κ2) is 3.50. The van der Waals surface area contributed by atoms with Crippen molar-refractivity contribution in [1.29, 1.82) is 0 Å². The smallest absolute Gasteiger partial charge is 0.0827 e. The minimum atomic E-state index is 0.330. The molecule has 3 nitrogen and oxygen atoms in total. The zero-order chi connectivity index (χ0) is 9.26. The van der Waals surface area contributed by atoms with Crippen molar-refractivity contribution in [3.63, 3.8) is 0 Å². The quantitative estimate of drug-likeness (QED) is 0.441. The van der Waals surface area contributed by atoms with Crippen LogP contribution >= 0.6 is 0 Å². The molecule has 0 aliphatic heterocycles. The zero-order valence-corrected chi connectivity index (χ0v) is 7.79. The van der Waals surface area contributed by atoms with E-state index in [0.29, 0.717) is 6.04 Å². The van der Waals surface area contributed by atoms with Crippen molar-refractivity contribution in [1.82, 2.24) is 0 Å². The molecule has 0 amide bonds. The van der Waals surface area contributed by atoms with Crippen molar-refractivity contribution in [2.24, 2.45) is 10.9 Å². The third-order valence-electron chi connectivity index (χ3n) is 3.06. The maximum Gasteiger partial charge on any atom is 0.0827 e. The number of hydrogen-bond donors (Lipinski definition) is 2. The number of rotatable bonds is 0. The largest absolute Gasteiger partial charge is 0.411 e. The third-order valence-corrected chi connectivity index (χ3v) is 3.06. The van der Waals surface area contributed by atoms with E-state index < -0.39 is 0 Å². The van der Waals surface area contributed by atoms with E-state index in [1.165, 1.54) is 11.1 Å². The molecule has 0 aromatic rings. The van der Waals surface area contributed by atoms with Crippen LogP contribution in [0, 0.1) is 0 Å². The number of oxime groups is 1. The lowest BCUT2D eigenvalue weighted by atomic mass is 9.79. The van der Waals surface area contributed by atoms with E-state index in [4.69, 9.17) is 10.9 Å². The van der Waals surface area contributed by atoms with Crippen LogP contribution in [-0.2, 0) is 0 Å². The number of nitrogens with two attached hydrogens (primary N) is 1. The first-order chi connectivity index (χ1) is 6.31. The summed E-state index contributed by atoms with van der Waals surface area (Å²) in [6, 6.07) is 0.330. The summed E-state index contributed by atoms with van der Waals surface area (Å²) in [7, 11) is 0. The summed E-state index contributed by atoms with van der Waals surface area (Å²) in [6.45, 7) is 0. The maximum absolute atomic E-state index is 8.82. The summed E-state index contributed by atoms with van der Waals surface area (Å²) >= 11 is 0. The van der Waals surface area contributed by atoms with Crippen molar-refractivity contribution in [2.75, 3.05) is 0 Å². The van der Waals surface area contributed by atoms with Crippen LogP contribution in [0.25, 0.3) is 0 Å². The van der Waals surface area contributed by atoms with Gasteiger partial charge < -0.3 is 10.9 Å². The topological polar surface area (TPSA) is 58.6 Å². The first-order valence-electron chi connectivity index (χ1n) is 4.99. The molecular weight excluding hydrogens is 164 g/mol. The van der Waals surface area contributed by atoms with Gasteiger partial charge in [-0.2, -0.15) is 0 Å². The van der Waals surface area contributed by atoms with Gasteiger partial charge in [-0.05, 0) is 44.1 Å². The van der Waals surface area contributed by atoms with Crippen molar-refractivity contribution < 1.29 is 5.21 Å². The molecular formula is C10H16N2O. The molecule has 3 heteroatoms. The summed E-state index contributed by atoms with van der Waals surface area (Å²) in [5, 5.41) is 12.2. The predicted molar refractivity (Wildman–Crippen MR) is 51.9 cm³/mol. The molecule has 0 radical (unpaired) electrons. The molecule has 0 bridgehead atoms. The Bertz CT molecular complexity index is 268. The molecule has 1 unspecified atom stereocenters. The Hall–Kier alpha value is -0.830.